The van der Waals surface area contributed by atoms with Gasteiger partial charge in [0.15, 0.2) is 0 Å². The lowest BCUT2D eigenvalue weighted by Gasteiger charge is -2.76. The highest BCUT2D eigenvalue weighted by molar-refractivity contribution is 5.81. The number of piperidine rings is 1. The van der Waals surface area contributed by atoms with Gasteiger partial charge < -0.3 is 19.7 Å². The molecule has 1 saturated heterocycles. The van der Waals surface area contributed by atoms with Crippen LogP contribution in [0.5, 0.6) is 5.75 Å². The number of ether oxygens (including phenoxy) is 1. The summed E-state index contributed by atoms with van der Waals surface area (Å²) in [6.45, 7) is 5.35. The summed E-state index contributed by atoms with van der Waals surface area (Å²) in [7, 11) is 0. The molecule has 11 heteroatoms. The number of nitrogens with zero attached hydrogens (tertiary/aromatic N) is 2. The lowest BCUT2D eigenvalue weighted by Crippen LogP contribution is -2.78. The average molecular weight is 506 g/mol. The van der Waals surface area contributed by atoms with Gasteiger partial charge in [-0.15, -0.1) is 0 Å². The van der Waals surface area contributed by atoms with E-state index in [1.807, 2.05) is 6.92 Å². The van der Waals surface area contributed by atoms with Crippen LogP contribution in [0.15, 0.2) is 18.5 Å². The summed E-state index contributed by atoms with van der Waals surface area (Å²) in [4.78, 5) is 4.12. The first-order valence-corrected chi connectivity index (χ1v) is 11.8. The zero-order valence-electron chi connectivity index (χ0n) is 19.7. The normalized spacial score (nSPS) is 35.2. The number of aliphatic hydroxyl groups is 1. The monoisotopic (exact) mass is 505 g/mol. The van der Waals surface area contributed by atoms with E-state index in [1.165, 1.54) is 17.0 Å². The molecule has 0 unspecified atom stereocenters. The van der Waals surface area contributed by atoms with Crippen LogP contribution in [0.4, 0.5) is 26.3 Å². The fourth-order valence-electron chi connectivity index (χ4n) is 6.67. The van der Waals surface area contributed by atoms with Crippen molar-refractivity contribution in [3.8, 4) is 5.75 Å². The van der Waals surface area contributed by atoms with Crippen LogP contribution in [0.1, 0.15) is 64.5 Å². The third kappa shape index (κ3) is 3.72. The number of hydrogen-bond acceptors (Lipinski definition) is 4. The Labute approximate surface area is 198 Å². The summed E-state index contributed by atoms with van der Waals surface area (Å²) in [6, 6.07) is 1.60. The standard InChI is InChI=1S/C24H29F6N3O2/c1-13(2)33-12-31-18-5-16(4-17(19(18)33)23(25,26)27)35-8-15-7-22(34,6-14(3)32-15)20-9-21(10-20,11-20)24(28,29)30/h4-5,12-15,32,34H,6-11H2,1-3H3/t14-,15-,20?,21?,22-/m0/s1. The van der Waals surface area contributed by atoms with Crippen LogP contribution in [-0.2, 0) is 6.18 Å². The van der Waals surface area contributed by atoms with E-state index in [0.717, 1.165) is 6.07 Å². The minimum absolute atomic E-state index is 0.00365. The van der Waals surface area contributed by atoms with Crippen molar-refractivity contribution in [2.24, 2.45) is 10.8 Å². The van der Waals surface area contributed by atoms with Crippen LogP contribution in [0.3, 0.4) is 0 Å². The van der Waals surface area contributed by atoms with Crippen molar-refractivity contribution < 1.29 is 36.2 Å². The van der Waals surface area contributed by atoms with Crippen molar-refractivity contribution >= 4 is 11.0 Å². The number of alkyl halides is 6. The molecule has 1 aromatic heterocycles. The molecular weight excluding hydrogens is 476 g/mol. The largest absolute Gasteiger partial charge is 0.492 e. The number of imidazole rings is 1. The fourth-order valence-corrected chi connectivity index (χ4v) is 6.67. The first-order valence-electron chi connectivity index (χ1n) is 11.8. The Morgan fingerprint density at radius 3 is 2.37 bits per heavy atom. The molecule has 3 saturated carbocycles. The molecule has 0 radical (unpaired) electrons. The van der Waals surface area contributed by atoms with Gasteiger partial charge in [0.2, 0.25) is 0 Å². The Bertz CT molecular complexity index is 1120. The average Bonchev–Trinajstić information content (AvgIpc) is 3.04. The first kappa shape index (κ1) is 24.7. The summed E-state index contributed by atoms with van der Waals surface area (Å²) in [5, 5.41) is 14.7. The molecule has 35 heavy (non-hydrogen) atoms. The van der Waals surface area contributed by atoms with Gasteiger partial charge in [0.05, 0.1) is 33.9 Å². The Morgan fingerprint density at radius 1 is 1.14 bits per heavy atom. The molecule has 2 N–H and O–H groups in total. The summed E-state index contributed by atoms with van der Waals surface area (Å²) in [5.74, 6) is 0.00365. The third-order valence-electron chi connectivity index (χ3n) is 8.32. The number of rotatable bonds is 5. The zero-order chi connectivity index (χ0) is 25.6. The number of aromatic nitrogens is 2. The summed E-state index contributed by atoms with van der Waals surface area (Å²) in [5.41, 5.74) is -4.37. The van der Waals surface area contributed by atoms with Crippen molar-refractivity contribution in [3.63, 3.8) is 0 Å². The second-order valence-electron chi connectivity index (χ2n) is 11.2. The number of hydrogen-bond donors (Lipinski definition) is 2. The molecule has 2 heterocycles. The maximum atomic E-state index is 13.8. The van der Waals surface area contributed by atoms with E-state index in [1.54, 1.807) is 13.8 Å². The SMILES string of the molecule is CC(C)n1cnc2cc(OC[C@@H]3C[C@](O)(C45CC(C(F)(F)F)(C4)C5)C[C@H](C)N3)cc(C(F)(F)F)c21. The predicted molar refractivity (Wildman–Crippen MR) is 116 cm³/mol. The summed E-state index contributed by atoms with van der Waals surface area (Å²) >= 11 is 0. The smallest absolute Gasteiger partial charge is 0.418 e. The summed E-state index contributed by atoms with van der Waals surface area (Å²) in [6.07, 6.45) is -7.18. The number of benzene rings is 1. The predicted octanol–water partition coefficient (Wildman–Crippen LogP) is 5.62. The van der Waals surface area contributed by atoms with Gasteiger partial charge in [-0.25, -0.2) is 4.98 Å². The minimum Gasteiger partial charge on any atom is -0.492 e. The summed E-state index contributed by atoms with van der Waals surface area (Å²) < 4.78 is 88.7. The lowest BCUT2D eigenvalue weighted by atomic mass is 9.29. The highest BCUT2D eigenvalue weighted by Gasteiger charge is 2.83. The van der Waals surface area contributed by atoms with Crippen molar-refractivity contribution in [1.82, 2.24) is 14.9 Å². The van der Waals surface area contributed by atoms with Crippen molar-refractivity contribution in [2.45, 2.75) is 89.0 Å². The quantitative estimate of drug-likeness (QED) is 0.518. The zero-order valence-corrected chi connectivity index (χ0v) is 19.7. The van der Waals surface area contributed by atoms with Gasteiger partial charge >= 0.3 is 12.4 Å². The molecular formula is C24H29F6N3O2. The molecule has 4 fully saturated rings. The van der Waals surface area contributed by atoms with Crippen LogP contribution in [0.2, 0.25) is 0 Å². The first-order chi connectivity index (χ1) is 16.1. The molecule has 6 rings (SSSR count). The molecule has 194 valence electrons. The molecule has 3 aliphatic carbocycles. The minimum atomic E-state index is -4.61. The van der Waals surface area contributed by atoms with Crippen LogP contribution in [0, 0.1) is 10.8 Å². The Balaban J connectivity index is 1.33. The molecule has 1 aliphatic heterocycles. The Hall–Kier alpha value is -2.01. The van der Waals surface area contributed by atoms with E-state index in [0.29, 0.717) is 6.42 Å². The van der Waals surface area contributed by atoms with Crippen LogP contribution in [0.25, 0.3) is 11.0 Å². The highest BCUT2D eigenvalue weighted by atomic mass is 19.4. The van der Waals surface area contributed by atoms with E-state index in [-0.39, 0.29) is 61.2 Å². The van der Waals surface area contributed by atoms with Gasteiger partial charge in [-0.1, -0.05) is 0 Å². The third-order valence-corrected chi connectivity index (χ3v) is 8.32. The molecule has 4 aliphatic rings. The molecule has 0 spiro atoms. The number of nitrogens with one attached hydrogen (secondary N) is 1. The van der Waals surface area contributed by atoms with Gasteiger partial charge in [-0.3, -0.25) is 0 Å². The van der Waals surface area contributed by atoms with Crippen molar-refractivity contribution in [1.29, 1.82) is 0 Å². The molecule has 3 atom stereocenters. The van der Waals surface area contributed by atoms with Crippen molar-refractivity contribution in [3.05, 3.63) is 24.0 Å². The lowest BCUT2D eigenvalue weighted by molar-refractivity contribution is -0.403. The Morgan fingerprint density at radius 2 is 1.80 bits per heavy atom. The maximum absolute atomic E-state index is 13.8. The molecule has 2 aromatic rings. The van der Waals surface area contributed by atoms with E-state index >= 15 is 0 Å². The van der Waals surface area contributed by atoms with Crippen LogP contribution in [-0.4, -0.2) is 45.1 Å². The number of halogens is 6. The molecule has 2 bridgehead atoms. The van der Waals surface area contributed by atoms with Crippen molar-refractivity contribution in [2.75, 3.05) is 6.61 Å². The van der Waals surface area contributed by atoms with Gasteiger partial charge in [0.1, 0.15) is 12.4 Å². The van der Waals surface area contributed by atoms with E-state index < -0.39 is 40.4 Å². The van der Waals surface area contributed by atoms with Gasteiger partial charge in [-0.2, -0.15) is 26.3 Å². The molecule has 1 aromatic carbocycles. The second-order valence-corrected chi connectivity index (χ2v) is 11.2. The van der Waals surface area contributed by atoms with E-state index in [2.05, 4.69) is 10.3 Å². The van der Waals surface area contributed by atoms with Crippen LogP contribution >= 0.6 is 0 Å². The molecule has 0 amide bonds. The highest BCUT2D eigenvalue weighted by Crippen LogP contribution is 2.82. The van der Waals surface area contributed by atoms with E-state index in [9.17, 15) is 31.4 Å². The Kier molecular flexibility index (Phi) is 5.29. The maximum Gasteiger partial charge on any atom is 0.418 e. The number of fused-ring (bicyclic) bond motifs is 1. The molecule has 5 nitrogen and oxygen atoms in total. The fraction of sp³-hybridized carbons (Fsp3) is 0.708. The van der Waals surface area contributed by atoms with E-state index in [4.69, 9.17) is 4.74 Å². The van der Waals surface area contributed by atoms with Gasteiger partial charge in [0, 0.05) is 29.6 Å². The van der Waals surface area contributed by atoms with Gasteiger partial charge in [0.25, 0.3) is 0 Å². The van der Waals surface area contributed by atoms with Crippen LogP contribution < -0.4 is 10.1 Å². The topological polar surface area (TPSA) is 59.3 Å². The second kappa shape index (κ2) is 7.50. The van der Waals surface area contributed by atoms with Gasteiger partial charge in [-0.05, 0) is 58.9 Å².